The number of amides is 2. The van der Waals surface area contributed by atoms with E-state index in [-0.39, 0.29) is 27.1 Å². The van der Waals surface area contributed by atoms with Crippen molar-refractivity contribution < 1.29 is 24.2 Å². The van der Waals surface area contributed by atoms with Crippen LogP contribution in [0.1, 0.15) is 54.4 Å². The van der Waals surface area contributed by atoms with E-state index in [9.17, 15) is 19.5 Å². The van der Waals surface area contributed by atoms with Crippen molar-refractivity contribution in [2.24, 2.45) is 5.41 Å². The molecule has 0 radical (unpaired) electrons. The summed E-state index contributed by atoms with van der Waals surface area (Å²) in [6.45, 7) is 5.55. The molecule has 0 bridgehead atoms. The zero-order chi connectivity index (χ0) is 31.3. The van der Waals surface area contributed by atoms with E-state index in [0.29, 0.717) is 41.3 Å². The third-order valence-corrected chi connectivity index (χ3v) is 10.7. The first-order chi connectivity index (χ1) is 21.7. The molecule has 4 aromatic rings. The fraction of sp³-hybridized carbons (Fsp3) is 0.294. The van der Waals surface area contributed by atoms with Crippen molar-refractivity contribution in [3.63, 3.8) is 0 Å². The van der Waals surface area contributed by atoms with Crippen molar-refractivity contribution in [1.29, 1.82) is 0 Å². The van der Waals surface area contributed by atoms with Crippen LogP contribution in [0.3, 0.4) is 0 Å². The minimum Gasteiger partial charge on any atom is -0.477 e. The summed E-state index contributed by atoms with van der Waals surface area (Å²) in [4.78, 5) is 48.4. The highest BCUT2D eigenvalue weighted by molar-refractivity contribution is 7.18. The van der Waals surface area contributed by atoms with Crippen LogP contribution in [0.25, 0.3) is 10.4 Å². The first-order valence-corrected chi connectivity index (χ1v) is 16.1. The second kappa shape index (κ2) is 11.6. The van der Waals surface area contributed by atoms with Crippen molar-refractivity contribution in [1.82, 2.24) is 4.98 Å². The van der Waals surface area contributed by atoms with Crippen LogP contribution in [-0.4, -0.2) is 60.7 Å². The molecule has 0 unspecified atom stereocenters. The molecule has 2 N–H and O–H groups in total. The van der Waals surface area contributed by atoms with Crippen LogP contribution < -0.4 is 15.1 Å². The molecule has 2 fully saturated rings. The number of aromatic nitrogens is 1. The van der Waals surface area contributed by atoms with E-state index in [2.05, 4.69) is 15.2 Å². The molecule has 0 aliphatic carbocycles. The van der Waals surface area contributed by atoms with E-state index in [1.165, 1.54) is 0 Å². The molecular weight excluding hydrogens is 612 g/mol. The van der Waals surface area contributed by atoms with Crippen LogP contribution in [-0.2, 0) is 11.2 Å². The fourth-order valence-corrected chi connectivity index (χ4v) is 8.10. The number of nitrogens with zero attached hydrogens (tertiary/aromatic N) is 3. The average Bonchev–Trinajstić information content (AvgIpc) is 3.27. The number of thiophene rings is 1. The van der Waals surface area contributed by atoms with Crippen molar-refractivity contribution in [3.05, 3.63) is 92.9 Å². The van der Waals surface area contributed by atoms with E-state index in [1.807, 2.05) is 37.3 Å². The normalized spacial score (nSPS) is 16.8. The number of aromatic carboxylic acids is 1. The number of para-hydroxylation sites is 1. The lowest BCUT2D eigenvalue weighted by molar-refractivity contribution is -0.000512. The standard InChI is InChI=1S/C34H31ClN4O5S/c1-20-16-25(30(36-17-20)38-18-34(19-38)11-14-44-15-12-34)31(40)37-22-8-6-21(7-9-22)32(41)39-13-10-24-27(35)29(33(42)43)45-28(24)23-4-2-3-5-26(23)39/h2-9,16-17H,10-15,18-19H2,1H3,(H,37,40)(H,42,43). The second-order valence-electron chi connectivity index (χ2n) is 12.0. The molecule has 9 nitrogen and oxygen atoms in total. The number of ether oxygens (including phenoxy) is 1. The summed E-state index contributed by atoms with van der Waals surface area (Å²) in [7, 11) is 0. The van der Waals surface area contributed by atoms with Crippen LogP contribution in [0, 0.1) is 12.3 Å². The van der Waals surface area contributed by atoms with Gasteiger partial charge in [0.05, 0.1) is 16.3 Å². The molecule has 11 heteroatoms. The Morgan fingerprint density at radius 2 is 1.80 bits per heavy atom. The number of carboxylic acid groups (broad SMARTS) is 1. The van der Waals surface area contributed by atoms with E-state index < -0.39 is 5.97 Å². The number of anilines is 3. The van der Waals surface area contributed by atoms with Gasteiger partial charge < -0.3 is 25.0 Å². The number of hydrogen-bond donors (Lipinski definition) is 2. The lowest BCUT2D eigenvalue weighted by atomic mass is 9.73. The number of halogens is 1. The number of fused-ring (bicyclic) bond motifs is 3. The number of aryl methyl sites for hydroxylation is 1. The maximum atomic E-state index is 13.8. The third kappa shape index (κ3) is 5.37. The number of hydrogen-bond acceptors (Lipinski definition) is 7. The van der Waals surface area contributed by atoms with Crippen LogP contribution >= 0.6 is 22.9 Å². The maximum absolute atomic E-state index is 13.8. The summed E-state index contributed by atoms with van der Waals surface area (Å²) in [5.41, 5.74) is 4.91. The van der Waals surface area contributed by atoms with Gasteiger partial charge in [0.25, 0.3) is 11.8 Å². The Labute approximate surface area is 269 Å². The number of pyridine rings is 1. The van der Waals surface area contributed by atoms with Crippen molar-refractivity contribution in [2.45, 2.75) is 26.2 Å². The van der Waals surface area contributed by atoms with Crippen LogP contribution in [0.4, 0.5) is 17.2 Å². The van der Waals surface area contributed by atoms with Gasteiger partial charge in [-0.2, -0.15) is 0 Å². The number of carboxylic acids is 1. The highest BCUT2D eigenvalue weighted by Crippen LogP contribution is 2.46. The van der Waals surface area contributed by atoms with E-state index in [4.69, 9.17) is 16.3 Å². The SMILES string of the molecule is Cc1cnc(N2CC3(CCOCC3)C2)c(C(=O)Nc2ccc(C(=O)N3CCc4c(sc(C(=O)O)c4Cl)-c4ccccc43)cc2)c1. The molecule has 7 rings (SSSR count). The van der Waals surface area contributed by atoms with Crippen LogP contribution in [0.2, 0.25) is 5.02 Å². The zero-order valence-corrected chi connectivity index (χ0v) is 26.2. The molecule has 45 heavy (non-hydrogen) atoms. The van der Waals surface area contributed by atoms with Gasteiger partial charge in [0.2, 0.25) is 0 Å². The molecule has 3 aliphatic rings. The predicted octanol–water partition coefficient (Wildman–Crippen LogP) is 6.54. The summed E-state index contributed by atoms with van der Waals surface area (Å²) < 4.78 is 5.55. The Bertz CT molecular complexity index is 1820. The highest BCUT2D eigenvalue weighted by atomic mass is 35.5. The lowest BCUT2D eigenvalue weighted by Gasteiger charge is -2.53. The average molecular weight is 643 g/mol. The first-order valence-electron chi connectivity index (χ1n) is 14.9. The fourth-order valence-electron chi connectivity index (χ4n) is 6.54. The molecule has 2 amide bonds. The number of rotatable bonds is 5. The van der Waals surface area contributed by atoms with Gasteiger partial charge in [-0.05, 0) is 73.7 Å². The number of benzene rings is 2. The van der Waals surface area contributed by atoms with Gasteiger partial charge in [0, 0.05) is 66.2 Å². The summed E-state index contributed by atoms with van der Waals surface area (Å²) >= 11 is 7.62. The quantitative estimate of drug-likeness (QED) is 0.254. The smallest absolute Gasteiger partial charge is 0.347 e. The van der Waals surface area contributed by atoms with Crippen molar-refractivity contribution in [3.8, 4) is 10.4 Å². The highest BCUT2D eigenvalue weighted by Gasteiger charge is 2.45. The molecule has 3 aliphatic heterocycles. The zero-order valence-electron chi connectivity index (χ0n) is 24.6. The van der Waals surface area contributed by atoms with Gasteiger partial charge in [-0.25, -0.2) is 9.78 Å². The first kappa shape index (κ1) is 29.5. The predicted molar refractivity (Wildman–Crippen MR) is 175 cm³/mol. The van der Waals surface area contributed by atoms with Gasteiger partial charge in [0.1, 0.15) is 10.7 Å². The minimum absolute atomic E-state index is 0.107. The molecule has 2 aromatic heterocycles. The minimum atomic E-state index is -1.06. The molecular formula is C34H31ClN4O5S. The molecule has 5 heterocycles. The summed E-state index contributed by atoms with van der Waals surface area (Å²) in [6, 6.07) is 16.2. The number of carbonyl (C=O) groups excluding carboxylic acids is 2. The topological polar surface area (TPSA) is 112 Å². The van der Waals surface area contributed by atoms with Gasteiger partial charge in [-0.15, -0.1) is 11.3 Å². The van der Waals surface area contributed by atoms with Crippen LogP contribution in [0.5, 0.6) is 0 Å². The van der Waals surface area contributed by atoms with E-state index >= 15 is 0 Å². The largest absolute Gasteiger partial charge is 0.477 e. The Hall–Kier alpha value is -4.25. The second-order valence-corrected chi connectivity index (χ2v) is 13.4. The van der Waals surface area contributed by atoms with Gasteiger partial charge in [-0.1, -0.05) is 29.8 Å². The molecule has 1 spiro atoms. The summed E-state index contributed by atoms with van der Waals surface area (Å²) in [5, 5.41) is 12.8. The Balaban J connectivity index is 1.09. The number of nitrogens with one attached hydrogen (secondary N) is 1. The van der Waals surface area contributed by atoms with Crippen molar-refractivity contribution in [2.75, 3.05) is 48.0 Å². The van der Waals surface area contributed by atoms with Gasteiger partial charge >= 0.3 is 5.97 Å². The molecule has 230 valence electrons. The van der Waals surface area contributed by atoms with E-state index in [1.54, 1.807) is 35.4 Å². The molecule has 2 saturated heterocycles. The number of carbonyl (C=O) groups is 3. The summed E-state index contributed by atoms with van der Waals surface area (Å²) in [6.07, 6.45) is 4.27. The Morgan fingerprint density at radius 3 is 2.53 bits per heavy atom. The third-order valence-electron chi connectivity index (χ3n) is 8.95. The van der Waals surface area contributed by atoms with Crippen molar-refractivity contribution >= 4 is 57.9 Å². The van der Waals surface area contributed by atoms with E-state index in [0.717, 1.165) is 72.0 Å². The summed E-state index contributed by atoms with van der Waals surface area (Å²) in [5.74, 6) is -0.825. The molecule has 0 saturated carbocycles. The lowest BCUT2D eigenvalue weighted by Crippen LogP contribution is -2.59. The van der Waals surface area contributed by atoms with Gasteiger partial charge in [0.15, 0.2) is 0 Å². The Morgan fingerprint density at radius 1 is 1.07 bits per heavy atom. The molecule has 0 atom stereocenters. The monoisotopic (exact) mass is 642 g/mol. The molecule has 2 aromatic carbocycles. The van der Waals surface area contributed by atoms with Gasteiger partial charge in [-0.3, -0.25) is 9.59 Å². The Kier molecular flexibility index (Phi) is 7.59. The van der Waals surface area contributed by atoms with Crippen LogP contribution in [0.15, 0.2) is 60.8 Å². The maximum Gasteiger partial charge on any atom is 0.347 e.